The Kier molecular flexibility index (Phi) is 5.11. The Morgan fingerprint density at radius 1 is 1.25 bits per heavy atom. The highest BCUT2D eigenvalue weighted by Crippen LogP contribution is 2.14. The van der Waals surface area contributed by atoms with Gasteiger partial charge in [-0.25, -0.2) is 26.6 Å². The van der Waals surface area contributed by atoms with E-state index >= 15 is 0 Å². The van der Waals surface area contributed by atoms with Gasteiger partial charge in [-0.15, -0.1) is 0 Å². The average molecular weight is 342 g/mol. The van der Waals surface area contributed by atoms with Crippen LogP contribution in [0.5, 0.6) is 0 Å². The summed E-state index contributed by atoms with van der Waals surface area (Å²) >= 11 is 0. The van der Waals surface area contributed by atoms with Crippen LogP contribution in [0.1, 0.15) is 16.1 Å². The van der Waals surface area contributed by atoms with Crippen LogP contribution in [0.4, 0.5) is 0 Å². The first-order valence-electron chi connectivity index (χ1n) is 5.28. The van der Waals surface area contributed by atoms with Crippen molar-refractivity contribution >= 4 is 35.5 Å². The maximum atomic E-state index is 11.9. The second kappa shape index (κ2) is 6.06. The molecule has 0 saturated heterocycles. The van der Waals surface area contributed by atoms with E-state index in [1.807, 2.05) is 0 Å². The molecule has 0 unspecified atom stereocenters. The molecule has 0 bridgehead atoms. The molecule has 0 aliphatic carbocycles. The summed E-state index contributed by atoms with van der Waals surface area (Å²) in [4.78, 5) is 15.1. The lowest BCUT2D eigenvalue weighted by Crippen LogP contribution is -2.16. The Morgan fingerprint density at radius 2 is 1.85 bits per heavy atom. The van der Waals surface area contributed by atoms with Crippen molar-refractivity contribution in [2.75, 3.05) is 18.6 Å². The van der Waals surface area contributed by atoms with E-state index in [2.05, 4.69) is 9.72 Å². The maximum absolute atomic E-state index is 11.9. The summed E-state index contributed by atoms with van der Waals surface area (Å²) in [6.07, 6.45) is 0. The molecule has 0 N–H and O–H groups in total. The molecule has 1 rings (SSSR count). The lowest BCUT2D eigenvalue weighted by atomic mass is 10.2. The number of carbonyl (C=O) groups is 1. The van der Waals surface area contributed by atoms with Crippen molar-refractivity contribution in [3.8, 4) is 0 Å². The minimum absolute atomic E-state index is 0.136. The number of hydrogen-bond donors (Lipinski definition) is 0. The quantitative estimate of drug-likeness (QED) is 0.567. The Bertz CT molecular complexity index is 726. The fourth-order valence-electron chi connectivity index (χ4n) is 1.35. The van der Waals surface area contributed by atoms with Crippen molar-refractivity contribution in [2.24, 2.45) is 0 Å². The largest absolute Gasteiger partial charge is 0.465 e. The number of rotatable bonds is 5. The van der Waals surface area contributed by atoms with Crippen LogP contribution in [0.2, 0.25) is 0 Å². The zero-order valence-corrected chi connectivity index (χ0v) is 13.0. The third kappa shape index (κ3) is 4.43. The standard InChI is InChI=1S/C10H12ClNO6S2/c1-7-8(10(13)18-2)3-4-9(12-7)19(14,15)5-6-20(11,16)17/h3-4H,5-6H2,1-2H3. The van der Waals surface area contributed by atoms with E-state index in [9.17, 15) is 21.6 Å². The van der Waals surface area contributed by atoms with E-state index in [1.165, 1.54) is 20.1 Å². The van der Waals surface area contributed by atoms with Gasteiger partial charge in [0.1, 0.15) is 0 Å². The zero-order valence-electron chi connectivity index (χ0n) is 10.7. The van der Waals surface area contributed by atoms with Crippen LogP contribution in [-0.2, 0) is 23.6 Å². The fraction of sp³-hybridized carbons (Fsp3) is 0.400. The number of methoxy groups -OCH3 is 1. The third-order valence-electron chi connectivity index (χ3n) is 2.38. The monoisotopic (exact) mass is 341 g/mol. The van der Waals surface area contributed by atoms with Gasteiger partial charge in [0, 0.05) is 10.7 Å². The molecule has 0 fully saturated rings. The number of aryl methyl sites for hydroxylation is 1. The van der Waals surface area contributed by atoms with Gasteiger partial charge in [-0.2, -0.15) is 0 Å². The van der Waals surface area contributed by atoms with E-state index in [-0.39, 0.29) is 16.3 Å². The second-order valence-electron chi connectivity index (χ2n) is 3.84. The number of ether oxygens (including phenoxy) is 1. The van der Waals surface area contributed by atoms with Gasteiger partial charge in [0.05, 0.1) is 29.9 Å². The lowest BCUT2D eigenvalue weighted by Gasteiger charge is -2.06. The number of halogens is 1. The van der Waals surface area contributed by atoms with Crippen molar-refractivity contribution in [3.63, 3.8) is 0 Å². The summed E-state index contributed by atoms with van der Waals surface area (Å²) in [7, 11) is -1.64. The van der Waals surface area contributed by atoms with Crippen LogP contribution in [0.15, 0.2) is 17.2 Å². The summed E-state index contributed by atoms with van der Waals surface area (Å²) in [5.74, 6) is -2.03. The maximum Gasteiger partial charge on any atom is 0.339 e. The molecule has 0 spiro atoms. The molecular weight excluding hydrogens is 330 g/mol. The first-order chi connectivity index (χ1) is 9.07. The van der Waals surface area contributed by atoms with Crippen LogP contribution < -0.4 is 0 Å². The number of hydrogen-bond acceptors (Lipinski definition) is 7. The highest BCUT2D eigenvalue weighted by molar-refractivity contribution is 8.14. The lowest BCUT2D eigenvalue weighted by molar-refractivity contribution is 0.0599. The molecule has 0 amide bonds. The third-order valence-corrected chi connectivity index (χ3v) is 5.40. The minimum Gasteiger partial charge on any atom is -0.465 e. The number of aromatic nitrogens is 1. The first kappa shape index (κ1) is 16.9. The number of sulfone groups is 1. The molecule has 20 heavy (non-hydrogen) atoms. The van der Waals surface area contributed by atoms with Gasteiger partial charge in [0.25, 0.3) is 0 Å². The number of carbonyl (C=O) groups excluding carboxylic acids is 1. The van der Waals surface area contributed by atoms with Gasteiger partial charge >= 0.3 is 5.97 Å². The Balaban J connectivity index is 3.09. The first-order valence-corrected chi connectivity index (χ1v) is 9.41. The predicted molar refractivity (Wildman–Crippen MR) is 72.0 cm³/mol. The molecule has 0 saturated carbocycles. The number of nitrogens with zero attached hydrogens (tertiary/aromatic N) is 1. The molecule has 0 aliphatic rings. The van der Waals surface area contributed by atoms with Gasteiger partial charge in [-0.05, 0) is 19.1 Å². The Hall–Kier alpha value is -1.19. The molecule has 1 heterocycles. The SMILES string of the molecule is COC(=O)c1ccc(S(=O)(=O)CCS(=O)(=O)Cl)nc1C. The molecule has 0 radical (unpaired) electrons. The summed E-state index contributed by atoms with van der Waals surface area (Å²) in [6, 6.07) is 2.38. The van der Waals surface area contributed by atoms with E-state index in [1.54, 1.807) is 0 Å². The molecule has 112 valence electrons. The zero-order chi connectivity index (χ0) is 15.6. The average Bonchev–Trinajstić information content (AvgIpc) is 2.34. The van der Waals surface area contributed by atoms with Gasteiger partial charge in [-0.1, -0.05) is 0 Å². The van der Waals surface area contributed by atoms with E-state index < -0.39 is 36.4 Å². The highest BCUT2D eigenvalue weighted by atomic mass is 35.7. The summed E-state index contributed by atoms with van der Waals surface area (Å²) in [5, 5.41) is -0.317. The number of esters is 1. The summed E-state index contributed by atoms with van der Waals surface area (Å²) < 4.78 is 49.8. The molecule has 10 heteroatoms. The fourth-order valence-corrected chi connectivity index (χ4v) is 4.35. The van der Waals surface area contributed by atoms with Crippen LogP contribution in [0, 0.1) is 6.92 Å². The summed E-state index contributed by atoms with van der Waals surface area (Å²) in [6.45, 7) is 1.45. The Labute approximate surface area is 121 Å². The van der Waals surface area contributed by atoms with Gasteiger partial charge in [-0.3, -0.25) is 0 Å². The summed E-state index contributed by atoms with van der Waals surface area (Å²) in [5.41, 5.74) is 0.308. The second-order valence-corrected chi connectivity index (χ2v) is 8.79. The smallest absolute Gasteiger partial charge is 0.339 e. The van der Waals surface area contributed by atoms with Crippen molar-refractivity contribution in [1.82, 2.24) is 4.98 Å². The van der Waals surface area contributed by atoms with E-state index in [0.29, 0.717) is 0 Å². The van der Waals surface area contributed by atoms with Gasteiger partial charge < -0.3 is 4.74 Å². The van der Waals surface area contributed by atoms with Gasteiger partial charge in [0.15, 0.2) is 14.9 Å². The molecular formula is C10H12ClNO6S2. The van der Waals surface area contributed by atoms with Crippen LogP contribution in [-0.4, -0.2) is 46.4 Å². The Morgan fingerprint density at radius 3 is 2.30 bits per heavy atom. The predicted octanol–water partition coefficient (Wildman–Crippen LogP) is 0.519. The molecule has 1 aromatic heterocycles. The van der Waals surface area contributed by atoms with Crippen molar-refractivity contribution in [1.29, 1.82) is 0 Å². The molecule has 1 aromatic rings. The minimum atomic E-state index is -3.91. The van der Waals surface area contributed by atoms with E-state index in [0.717, 1.165) is 6.07 Å². The van der Waals surface area contributed by atoms with E-state index in [4.69, 9.17) is 10.7 Å². The normalized spacial score (nSPS) is 12.2. The van der Waals surface area contributed by atoms with Gasteiger partial charge in [0.2, 0.25) is 9.05 Å². The molecule has 0 aliphatic heterocycles. The van der Waals surface area contributed by atoms with Crippen molar-refractivity contribution < 1.29 is 26.4 Å². The number of pyridine rings is 1. The molecule has 0 aromatic carbocycles. The molecule has 7 nitrogen and oxygen atoms in total. The topological polar surface area (TPSA) is 107 Å². The molecule has 0 atom stereocenters. The van der Waals surface area contributed by atoms with Crippen LogP contribution >= 0.6 is 10.7 Å². The van der Waals surface area contributed by atoms with Crippen molar-refractivity contribution in [3.05, 3.63) is 23.4 Å². The highest BCUT2D eigenvalue weighted by Gasteiger charge is 2.21. The van der Waals surface area contributed by atoms with Crippen LogP contribution in [0.3, 0.4) is 0 Å². The van der Waals surface area contributed by atoms with Crippen molar-refractivity contribution in [2.45, 2.75) is 11.9 Å². The van der Waals surface area contributed by atoms with Crippen LogP contribution in [0.25, 0.3) is 0 Å².